The molecule has 1 aliphatic heterocycles. The van der Waals surface area contributed by atoms with Crippen LogP contribution < -0.4 is 0 Å². The summed E-state index contributed by atoms with van der Waals surface area (Å²) in [5, 5.41) is 20.5. The number of carbonyl (C=O) groups excluding carboxylic acids is 1. The molecule has 6 heteroatoms. The van der Waals surface area contributed by atoms with Gasteiger partial charge in [0.2, 0.25) is 0 Å². The van der Waals surface area contributed by atoms with E-state index in [0.29, 0.717) is 12.0 Å². The standard InChI is InChI=1S/C26H25NO4S/c1-2-27-14-21(15-27)31-20-10-5-16(6-11-20)25(30)24-22-12-9-19(29)13-23(22)32-26(24)17-3-7-18(28)8-4-17/h3-5,7-13,16,21,28-29H,2,6,14-15H2,1H3. The van der Waals surface area contributed by atoms with Crippen molar-refractivity contribution in [3.05, 3.63) is 72.0 Å². The maximum atomic E-state index is 13.7. The number of ether oxygens (including phenoxy) is 1. The molecule has 2 N–H and O–H groups in total. The number of ketones is 1. The van der Waals surface area contributed by atoms with Gasteiger partial charge < -0.3 is 14.9 Å². The third-order valence-electron chi connectivity index (χ3n) is 6.13. The number of hydrogen-bond donors (Lipinski definition) is 2. The van der Waals surface area contributed by atoms with Gasteiger partial charge in [-0.15, -0.1) is 11.3 Å². The Labute approximate surface area is 190 Å². The largest absolute Gasteiger partial charge is 0.508 e. The van der Waals surface area contributed by atoms with E-state index in [0.717, 1.165) is 45.9 Å². The monoisotopic (exact) mass is 447 g/mol. The molecule has 2 heterocycles. The van der Waals surface area contributed by atoms with Gasteiger partial charge >= 0.3 is 0 Å². The summed E-state index contributed by atoms with van der Waals surface area (Å²) in [6.07, 6.45) is 6.70. The third kappa shape index (κ3) is 3.92. The number of phenolic OH excluding ortho intramolecular Hbond substituents is 2. The zero-order valence-electron chi connectivity index (χ0n) is 17.8. The van der Waals surface area contributed by atoms with Gasteiger partial charge in [-0.3, -0.25) is 9.69 Å². The van der Waals surface area contributed by atoms with Gasteiger partial charge in [-0.05, 0) is 73.1 Å². The lowest BCUT2D eigenvalue weighted by Gasteiger charge is -2.38. The zero-order valence-corrected chi connectivity index (χ0v) is 18.6. The number of nitrogens with zero attached hydrogens (tertiary/aromatic N) is 1. The summed E-state index contributed by atoms with van der Waals surface area (Å²) in [5.74, 6) is 0.987. The van der Waals surface area contributed by atoms with Crippen LogP contribution in [0.3, 0.4) is 0 Å². The number of benzene rings is 2. The first-order valence-electron chi connectivity index (χ1n) is 10.9. The van der Waals surface area contributed by atoms with Crippen molar-refractivity contribution in [2.75, 3.05) is 19.6 Å². The number of fused-ring (bicyclic) bond motifs is 1. The Morgan fingerprint density at radius 3 is 2.56 bits per heavy atom. The molecule has 0 radical (unpaired) electrons. The second kappa shape index (κ2) is 8.45. The fourth-order valence-corrected chi connectivity index (χ4v) is 5.51. The van der Waals surface area contributed by atoms with E-state index >= 15 is 0 Å². The Morgan fingerprint density at radius 2 is 1.88 bits per heavy atom. The summed E-state index contributed by atoms with van der Waals surface area (Å²) in [5.41, 5.74) is 1.54. The first kappa shape index (κ1) is 20.8. The molecule has 1 aliphatic carbocycles. The van der Waals surface area contributed by atoms with Gasteiger partial charge in [0.05, 0.1) is 0 Å². The number of Topliss-reactive ketones (excluding diaryl/α,β-unsaturated/α-hetero) is 1. The number of likely N-dealkylation sites (tertiary alicyclic amines) is 1. The summed E-state index contributed by atoms with van der Waals surface area (Å²) in [7, 11) is 0. The predicted octanol–water partition coefficient (Wildman–Crippen LogP) is 5.34. The maximum absolute atomic E-state index is 13.7. The molecule has 32 heavy (non-hydrogen) atoms. The van der Waals surface area contributed by atoms with Gasteiger partial charge in [0.25, 0.3) is 0 Å². The minimum Gasteiger partial charge on any atom is -0.508 e. The van der Waals surface area contributed by atoms with E-state index in [1.807, 2.05) is 36.4 Å². The normalized spacial score (nSPS) is 19.0. The van der Waals surface area contributed by atoms with Crippen LogP contribution in [0.4, 0.5) is 0 Å². The number of carbonyl (C=O) groups is 1. The van der Waals surface area contributed by atoms with Crippen LogP contribution in [-0.4, -0.2) is 46.6 Å². The summed E-state index contributed by atoms with van der Waals surface area (Å²) >= 11 is 1.48. The molecule has 1 atom stereocenters. The highest BCUT2D eigenvalue weighted by Gasteiger charge is 2.29. The number of allylic oxidation sites excluding steroid dienone is 3. The Kier molecular flexibility index (Phi) is 5.49. The summed E-state index contributed by atoms with van der Waals surface area (Å²) < 4.78 is 6.90. The van der Waals surface area contributed by atoms with Crippen LogP contribution in [0.25, 0.3) is 20.5 Å². The molecule has 0 saturated carbocycles. The fourth-order valence-electron chi connectivity index (χ4n) is 4.26. The van der Waals surface area contributed by atoms with Crippen LogP contribution in [0.15, 0.2) is 66.5 Å². The van der Waals surface area contributed by atoms with Crippen LogP contribution in [0.2, 0.25) is 0 Å². The van der Waals surface area contributed by atoms with Crippen molar-refractivity contribution in [2.45, 2.75) is 19.4 Å². The number of likely N-dealkylation sites (N-methyl/N-ethyl adjacent to an activating group) is 1. The van der Waals surface area contributed by atoms with E-state index < -0.39 is 0 Å². The molecule has 1 aromatic heterocycles. The fraction of sp³-hybridized carbons (Fsp3) is 0.269. The zero-order chi connectivity index (χ0) is 22.2. The lowest BCUT2D eigenvalue weighted by molar-refractivity contribution is -0.0150. The average molecular weight is 448 g/mol. The minimum atomic E-state index is -0.265. The SMILES string of the molecule is CCN1CC(OC2=CCC(C(=O)c3c(-c4ccc(O)cc4)sc4cc(O)ccc34)C=C2)C1. The third-order valence-corrected chi connectivity index (χ3v) is 7.33. The number of aromatic hydroxyl groups is 2. The predicted molar refractivity (Wildman–Crippen MR) is 127 cm³/mol. The van der Waals surface area contributed by atoms with Gasteiger partial charge in [0, 0.05) is 39.5 Å². The molecule has 1 saturated heterocycles. The molecule has 0 spiro atoms. The van der Waals surface area contributed by atoms with Crippen molar-refractivity contribution >= 4 is 27.2 Å². The molecule has 1 fully saturated rings. The van der Waals surface area contributed by atoms with Crippen molar-refractivity contribution in [2.24, 2.45) is 5.92 Å². The van der Waals surface area contributed by atoms with Crippen LogP contribution in [0, 0.1) is 5.92 Å². The first-order valence-corrected chi connectivity index (χ1v) is 11.7. The van der Waals surface area contributed by atoms with E-state index in [4.69, 9.17) is 4.74 Å². The molecule has 5 rings (SSSR count). The second-order valence-electron chi connectivity index (χ2n) is 8.30. The second-order valence-corrected chi connectivity index (χ2v) is 9.35. The van der Waals surface area contributed by atoms with Crippen molar-refractivity contribution in [1.82, 2.24) is 4.90 Å². The highest BCUT2D eigenvalue weighted by atomic mass is 32.1. The molecule has 1 unspecified atom stereocenters. The molecule has 5 nitrogen and oxygen atoms in total. The minimum absolute atomic E-state index is 0.0531. The molecule has 0 amide bonds. The molecule has 164 valence electrons. The molecular formula is C26H25NO4S. The average Bonchev–Trinajstić information content (AvgIpc) is 3.14. The Hall–Kier alpha value is -3.09. The van der Waals surface area contributed by atoms with Crippen molar-refractivity contribution < 1.29 is 19.7 Å². The lowest BCUT2D eigenvalue weighted by Crippen LogP contribution is -2.51. The molecular weight excluding hydrogens is 422 g/mol. The molecule has 2 aliphatic rings. The smallest absolute Gasteiger partial charge is 0.172 e. The number of phenols is 2. The van der Waals surface area contributed by atoms with E-state index in [-0.39, 0.29) is 29.3 Å². The quantitative estimate of drug-likeness (QED) is 0.499. The van der Waals surface area contributed by atoms with Crippen LogP contribution in [0.1, 0.15) is 23.7 Å². The van der Waals surface area contributed by atoms with E-state index in [1.165, 1.54) is 11.3 Å². The Morgan fingerprint density at radius 1 is 1.12 bits per heavy atom. The molecule has 0 bridgehead atoms. The summed E-state index contributed by atoms with van der Waals surface area (Å²) in [4.78, 5) is 16.8. The van der Waals surface area contributed by atoms with Crippen molar-refractivity contribution in [3.8, 4) is 21.9 Å². The van der Waals surface area contributed by atoms with Gasteiger partial charge in [0.15, 0.2) is 5.78 Å². The van der Waals surface area contributed by atoms with Crippen LogP contribution >= 0.6 is 11.3 Å². The van der Waals surface area contributed by atoms with Gasteiger partial charge in [-0.1, -0.05) is 13.0 Å². The number of hydrogen-bond acceptors (Lipinski definition) is 6. The molecule has 2 aromatic carbocycles. The first-order chi connectivity index (χ1) is 15.5. The Bertz CT molecular complexity index is 1220. The topological polar surface area (TPSA) is 70.0 Å². The molecule has 3 aromatic rings. The highest BCUT2D eigenvalue weighted by Crippen LogP contribution is 2.42. The lowest BCUT2D eigenvalue weighted by atomic mass is 9.89. The summed E-state index contributed by atoms with van der Waals surface area (Å²) in [6.45, 7) is 5.09. The van der Waals surface area contributed by atoms with Gasteiger partial charge in [-0.2, -0.15) is 0 Å². The number of rotatable bonds is 6. The number of thiophene rings is 1. The maximum Gasteiger partial charge on any atom is 0.172 e. The van der Waals surface area contributed by atoms with Gasteiger partial charge in [0.1, 0.15) is 23.4 Å². The van der Waals surface area contributed by atoms with Gasteiger partial charge in [-0.25, -0.2) is 0 Å². The van der Waals surface area contributed by atoms with E-state index in [1.54, 1.807) is 24.3 Å². The van der Waals surface area contributed by atoms with Crippen molar-refractivity contribution in [3.63, 3.8) is 0 Å². The van der Waals surface area contributed by atoms with E-state index in [9.17, 15) is 15.0 Å². The highest BCUT2D eigenvalue weighted by molar-refractivity contribution is 7.22. The summed E-state index contributed by atoms with van der Waals surface area (Å²) in [6, 6.07) is 12.0. The van der Waals surface area contributed by atoms with Crippen LogP contribution in [-0.2, 0) is 4.74 Å². The van der Waals surface area contributed by atoms with Crippen LogP contribution in [0.5, 0.6) is 11.5 Å². The Balaban J connectivity index is 1.42. The van der Waals surface area contributed by atoms with Crippen molar-refractivity contribution in [1.29, 1.82) is 0 Å². The van der Waals surface area contributed by atoms with E-state index in [2.05, 4.69) is 11.8 Å².